The zero-order valence-electron chi connectivity index (χ0n) is 21.7. The fraction of sp³-hybridized carbons (Fsp3) is 0.267. The van der Waals surface area contributed by atoms with E-state index in [2.05, 4.69) is 16.4 Å². The van der Waals surface area contributed by atoms with Crippen LogP contribution in [0.3, 0.4) is 0 Å². The molecule has 0 saturated heterocycles. The van der Waals surface area contributed by atoms with Crippen molar-refractivity contribution < 1.29 is 24.1 Å². The maximum absolute atomic E-state index is 9.14. The number of aromatic nitrogens is 2. The minimum Gasteiger partial charge on any atom is -0.487 e. The Morgan fingerprint density at radius 1 is 1.00 bits per heavy atom. The fourth-order valence-corrected chi connectivity index (χ4v) is 4.51. The van der Waals surface area contributed by atoms with Gasteiger partial charge in [-0.1, -0.05) is 35.9 Å². The zero-order chi connectivity index (χ0) is 27.0. The third kappa shape index (κ3) is 6.60. The van der Waals surface area contributed by atoms with Crippen LogP contribution in [0.25, 0.3) is 11.1 Å². The van der Waals surface area contributed by atoms with E-state index in [1.807, 2.05) is 55.5 Å². The first-order chi connectivity index (χ1) is 19.1. The van der Waals surface area contributed by atoms with Crippen LogP contribution in [0.2, 0.25) is 5.02 Å². The lowest BCUT2D eigenvalue weighted by Gasteiger charge is -2.20. The van der Waals surface area contributed by atoms with Gasteiger partial charge in [0.1, 0.15) is 37.9 Å². The molecule has 8 nitrogen and oxygen atoms in total. The quantitative estimate of drug-likeness (QED) is 0.250. The lowest BCUT2D eigenvalue weighted by atomic mass is 9.99. The summed E-state index contributed by atoms with van der Waals surface area (Å²) in [5.74, 6) is 2.68. The first-order valence-corrected chi connectivity index (χ1v) is 13.1. The molecular weight excluding hydrogens is 518 g/mol. The summed E-state index contributed by atoms with van der Waals surface area (Å²) in [5.41, 5.74) is 5.32. The largest absolute Gasteiger partial charge is 0.487 e. The maximum atomic E-state index is 9.14. The third-order valence-corrected chi connectivity index (χ3v) is 6.62. The van der Waals surface area contributed by atoms with E-state index >= 15 is 0 Å². The predicted octanol–water partition coefficient (Wildman–Crippen LogP) is 5.12. The molecule has 0 unspecified atom stereocenters. The highest BCUT2D eigenvalue weighted by atomic mass is 35.5. The van der Waals surface area contributed by atoms with Crippen molar-refractivity contribution >= 4 is 11.6 Å². The van der Waals surface area contributed by atoms with E-state index in [1.54, 1.807) is 12.4 Å². The fourth-order valence-electron chi connectivity index (χ4n) is 4.28. The van der Waals surface area contributed by atoms with Crippen LogP contribution >= 0.6 is 11.6 Å². The Balaban J connectivity index is 1.35. The number of pyridine rings is 2. The van der Waals surface area contributed by atoms with Gasteiger partial charge in [-0.05, 0) is 53.9 Å². The Bertz CT molecular complexity index is 1420. The van der Waals surface area contributed by atoms with Gasteiger partial charge in [-0.2, -0.15) is 0 Å². The number of nitrogens with zero attached hydrogens (tertiary/aromatic N) is 2. The van der Waals surface area contributed by atoms with Crippen molar-refractivity contribution in [3.05, 3.63) is 94.4 Å². The summed E-state index contributed by atoms with van der Waals surface area (Å²) in [4.78, 5) is 8.85. The number of ether oxygens (including phenoxy) is 4. The molecule has 0 spiro atoms. The zero-order valence-corrected chi connectivity index (χ0v) is 22.4. The molecule has 0 bridgehead atoms. The predicted molar refractivity (Wildman–Crippen MR) is 149 cm³/mol. The molecule has 0 atom stereocenters. The van der Waals surface area contributed by atoms with Gasteiger partial charge in [-0.25, -0.2) is 4.98 Å². The monoisotopic (exact) mass is 547 g/mol. The molecule has 9 heteroatoms. The molecule has 0 fully saturated rings. The van der Waals surface area contributed by atoms with E-state index in [9.17, 15) is 0 Å². The molecule has 39 heavy (non-hydrogen) atoms. The van der Waals surface area contributed by atoms with Crippen LogP contribution in [0, 0.1) is 6.92 Å². The molecule has 202 valence electrons. The normalized spacial score (nSPS) is 12.3. The van der Waals surface area contributed by atoms with Gasteiger partial charge in [0.25, 0.3) is 0 Å². The number of hydrogen-bond donors (Lipinski definition) is 2. The second-order valence-corrected chi connectivity index (χ2v) is 9.41. The molecule has 0 saturated carbocycles. The van der Waals surface area contributed by atoms with Crippen LogP contribution in [0.5, 0.6) is 23.1 Å². The molecular formula is C30H30ClN3O5. The smallest absolute Gasteiger partial charge is 0.218 e. The van der Waals surface area contributed by atoms with Gasteiger partial charge in [0.15, 0.2) is 11.5 Å². The van der Waals surface area contributed by atoms with Gasteiger partial charge in [0.2, 0.25) is 5.88 Å². The van der Waals surface area contributed by atoms with Crippen molar-refractivity contribution in [2.75, 3.05) is 26.4 Å². The maximum Gasteiger partial charge on any atom is 0.218 e. The highest BCUT2D eigenvalue weighted by molar-refractivity contribution is 6.31. The van der Waals surface area contributed by atoms with Crippen molar-refractivity contribution in [3.8, 4) is 34.3 Å². The van der Waals surface area contributed by atoms with Crippen molar-refractivity contribution in [1.29, 1.82) is 0 Å². The number of rotatable bonds is 11. The topological polar surface area (TPSA) is 95.0 Å². The highest BCUT2D eigenvalue weighted by Gasteiger charge is 2.16. The Hall–Kier alpha value is -3.85. The minimum absolute atomic E-state index is 0.0314. The van der Waals surface area contributed by atoms with Crippen LogP contribution < -0.4 is 24.3 Å². The van der Waals surface area contributed by atoms with E-state index in [0.29, 0.717) is 49.5 Å². The average Bonchev–Trinajstić information content (AvgIpc) is 2.97. The highest BCUT2D eigenvalue weighted by Crippen LogP contribution is 2.37. The van der Waals surface area contributed by atoms with Crippen LogP contribution in [0.1, 0.15) is 22.4 Å². The number of hydrogen-bond acceptors (Lipinski definition) is 8. The first kappa shape index (κ1) is 26.7. The average molecular weight is 548 g/mol. The van der Waals surface area contributed by atoms with Gasteiger partial charge in [0, 0.05) is 36.6 Å². The van der Waals surface area contributed by atoms with Crippen LogP contribution in [-0.2, 0) is 19.8 Å². The number of benzene rings is 2. The second kappa shape index (κ2) is 12.8. The van der Waals surface area contributed by atoms with Crippen LogP contribution in [0.15, 0.2) is 67.0 Å². The van der Waals surface area contributed by atoms with Gasteiger partial charge < -0.3 is 29.4 Å². The molecule has 0 radical (unpaired) electrons. The van der Waals surface area contributed by atoms with Crippen molar-refractivity contribution in [1.82, 2.24) is 15.3 Å². The van der Waals surface area contributed by atoms with Gasteiger partial charge in [-0.3, -0.25) is 4.98 Å². The summed E-state index contributed by atoms with van der Waals surface area (Å²) >= 11 is 6.62. The minimum atomic E-state index is 0.0314. The van der Waals surface area contributed by atoms with E-state index in [0.717, 1.165) is 45.1 Å². The van der Waals surface area contributed by atoms with Gasteiger partial charge in [0.05, 0.1) is 11.6 Å². The van der Waals surface area contributed by atoms with Crippen molar-refractivity contribution in [2.24, 2.45) is 0 Å². The summed E-state index contributed by atoms with van der Waals surface area (Å²) in [6, 6.07) is 17.5. The van der Waals surface area contributed by atoms with E-state index < -0.39 is 0 Å². The molecule has 1 aliphatic rings. The number of fused-ring (bicyclic) bond motifs is 1. The molecule has 2 aromatic heterocycles. The van der Waals surface area contributed by atoms with Crippen LogP contribution in [0.4, 0.5) is 0 Å². The SMILES string of the molecule is Cc1c(OCc2nc(OCc3cccnc3)c(CNCCO)cc2Cl)cccc1-c1ccc2c(c1)OCCO2. The molecule has 2 N–H and O–H groups in total. The summed E-state index contributed by atoms with van der Waals surface area (Å²) in [7, 11) is 0. The summed E-state index contributed by atoms with van der Waals surface area (Å²) in [6.45, 7) is 4.53. The lowest BCUT2D eigenvalue weighted by Crippen LogP contribution is -2.19. The number of aliphatic hydroxyl groups is 1. The third-order valence-electron chi connectivity index (χ3n) is 6.29. The van der Waals surface area contributed by atoms with Crippen molar-refractivity contribution in [3.63, 3.8) is 0 Å². The molecule has 0 aliphatic carbocycles. The standard InChI is InChI=1S/C30H30ClN3O5/c1-20-24(22-7-8-28-29(15-22)37-13-12-36-28)5-2-6-27(20)38-19-26-25(31)14-23(17-33-10-11-35)30(34-26)39-18-21-4-3-9-32-16-21/h2-9,14-16,33,35H,10-13,17-19H2,1H3. The van der Waals surface area contributed by atoms with Gasteiger partial charge >= 0.3 is 0 Å². The molecule has 5 rings (SSSR count). The Morgan fingerprint density at radius 3 is 2.69 bits per heavy atom. The second-order valence-electron chi connectivity index (χ2n) is 9.01. The molecule has 2 aromatic carbocycles. The molecule has 4 aromatic rings. The van der Waals surface area contributed by atoms with E-state index in [1.165, 1.54) is 0 Å². The Kier molecular flexibility index (Phi) is 8.78. The number of nitrogens with one attached hydrogen (secondary N) is 1. The molecule has 0 amide bonds. The summed E-state index contributed by atoms with van der Waals surface area (Å²) < 4.78 is 23.7. The molecule has 3 heterocycles. The van der Waals surface area contributed by atoms with Gasteiger partial charge in [-0.15, -0.1) is 0 Å². The van der Waals surface area contributed by atoms with Crippen LogP contribution in [-0.4, -0.2) is 41.4 Å². The first-order valence-electron chi connectivity index (χ1n) is 12.8. The lowest BCUT2D eigenvalue weighted by molar-refractivity contribution is 0.171. The number of aliphatic hydroxyl groups excluding tert-OH is 1. The summed E-state index contributed by atoms with van der Waals surface area (Å²) in [5, 5.41) is 12.8. The van der Waals surface area contributed by atoms with E-state index in [4.69, 9.17) is 40.6 Å². The number of halogens is 1. The Morgan fingerprint density at radius 2 is 1.87 bits per heavy atom. The Labute approximate surface area is 232 Å². The van der Waals surface area contributed by atoms with Crippen molar-refractivity contribution in [2.45, 2.75) is 26.7 Å². The molecule has 1 aliphatic heterocycles. The van der Waals surface area contributed by atoms with E-state index in [-0.39, 0.29) is 13.2 Å². The summed E-state index contributed by atoms with van der Waals surface area (Å²) in [6.07, 6.45) is 3.47.